The first-order valence-corrected chi connectivity index (χ1v) is 6.79. The number of rotatable bonds is 0. The molecule has 2 aliphatic carbocycles. The number of ketones is 1. The van der Waals surface area contributed by atoms with E-state index in [0.29, 0.717) is 30.6 Å². The number of Topliss-reactive ketones (excluding diaryl/α,β-unsaturated/α-hetero) is 1. The minimum absolute atomic E-state index is 0.0845. The SMILES string of the molecule is Cc1coc2c1C(=O)[C@H]1[C@@](C)(C2)[C@@H](O)CC[C@@]1(C)O. The van der Waals surface area contributed by atoms with Crippen molar-refractivity contribution in [2.75, 3.05) is 0 Å². The van der Waals surface area contributed by atoms with E-state index in [-0.39, 0.29) is 5.78 Å². The van der Waals surface area contributed by atoms with Crippen LogP contribution in [0.3, 0.4) is 0 Å². The van der Waals surface area contributed by atoms with E-state index in [9.17, 15) is 15.0 Å². The van der Waals surface area contributed by atoms with Crippen molar-refractivity contribution in [2.45, 2.75) is 51.7 Å². The van der Waals surface area contributed by atoms with Gasteiger partial charge in [-0.2, -0.15) is 0 Å². The van der Waals surface area contributed by atoms with Gasteiger partial charge in [0.25, 0.3) is 0 Å². The van der Waals surface area contributed by atoms with E-state index in [4.69, 9.17) is 4.42 Å². The molecule has 4 heteroatoms. The summed E-state index contributed by atoms with van der Waals surface area (Å²) in [5, 5.41) is 21.0. The van der Waals surface area contributed by atoms with E-state index in [1.54, 1.807) is 13.2 Å². The van der Waals surface area contributed by atoms with Crippen LogP contribution in [0.1, 0.15) is 48.4 Å². The zero-order valence-corrected chi connectivity index (χ0v) is 11.6. The van der Waals surface area contributed by atoms with Crippen LogP contribution in [0.5, 0.6) is 0 Å². The molecule has 1 aromatic heterocycles. The number of aryl methyl sites for hydroxylation is 1. The number of carbonyl (C=O) groups is 1. The van der Waals surface area contributed by atoms with E-state index in [0.717, 1.165) is 5.56 Å². The molecular formula is C15H20O4. The standard InChI is InChI=1S/C15H20O4/c1-8-7-19-9-6-14(2)10(16)4-5-15(3,18)13(14)12(17)11(8)9/h7,10,13,16,18H,4-6H2,1-3H3/t10-,13-,14-,15+/m0/s1. The van der Waals surface area contributed by atoms with Crippen LogP contribution in [0.4, 0.5) is 0 Å². The van der Waals surface area contributed by atoms with Crippen LogP contribution in [-0.2, 0) is 6.42 Å². The van der Waals surface area contributed by atoms with Gasteiger partial charge in [-0.1, -0.05) is 6.92 Å². The fourth-order valence-electron chi connectivity index (χ4n) is 4.06. The van der Waals surface area contributed by atoms with Crippen LogP contribution >= 0.6 is 0 Å². The minimum Gasteiger partial charge on any atom is -0.468 e. The summed E-state index contributed by atoms with van der Waals surface area (Å²) in [7, 11) is 0. The first-order chi connectivity index (χ1) is 8.77. The lowest BCUT2D eigenvalue weighted by Gasteiger charge is -2.53. The predicted molar refractivity (Wildman–Crippen MR) is 68.9 cm³/mol. The van der Waals surface area contributed by atoms with Gasteiger partial charge in [-0.15, -0.1) is 0 Å². The van der Waals surface area contributed by atoms with Crippen LogP contribution in [0.25, 0.3) is 0 Å². The van der Waals surface area contributed by atoms with Gasteiger partial charge in [-0.05, 0) is 32.3 Å². The second-order valence-corrected chi connectivity index (χ2v) is 6.61. The lowest BCUT2D eigenvalue weighted by molar-refractivity contribution is -0.136. The lowest BCUT2D eigenvalue weighted by atomic mass is 9.53. The van der Waals surface area contributed by atoms with Gasteiger partial charge < -0.3 is 14.6 Å². The number of aliphatic hydroxyl groups is 2. The van der Waals surface area contributed by atoms with Crippen molar-refractivity contribution in [1.29, 1.82) is 0 Å². The van der Waals surface area contributed by atoms with Crippen molar-refractivity contribution >= 4 is 5.78 Å². The molecule has 0 saturated heterocycles. The van der Waals surface area contributed by atoms with E-state index in [1.807, 2.05) is 13.8 Å². The summed E-state index contributed by atoms with van der Waals surface area (Å²) in [4.78, 5) is 12.8. The minimum atomic E-state index is -1.06. The smallest absolute Gasteiger partial charge is 0.173 e. The van der Waals surface area contributed by atoms with Crippen LogP contribution in [0.2, 0.25) is 0 Å². The van der Waals surface area contributed by atoms with Gasteiger partial charge in [0.05, 0.1) is 29.4 Å². The Morgan fingerprint density at radius 3 is 2.79 bits per heavy atom. The fraction of sp³-hybridized carbons (Fsp3) is 0.667. The average molecular weight is 264 g/mol. The van der Waals surface area contributed by atoms with Gasteiger partial charge in [0.2, 0.25) is 0 Å². The molecular weight excluding hydrogens is 244 g/mol. The predicted octanol–water partition coefficient (Wildman–Crippen LogP) is 1.86. The van der Waals surface area contributed by atoms with Crippen molar-refractivity contribution in [1.82, 2.24) is 0 Å². The molecule has 1 saturated carbocycles. The molecule has 0 radical (unpaired) electrons. The first-order valence-electron chi connectivity index (χ1n) is 6.79. The van der Waals surface area contributed by atoms with Crippen LogP contribution in [-0.4, -0.2) is 27.7 Å². The van der Waals surface area contributed by atoms with Gasteiger partial charge in [-0.3, -0.25) is 4.79 Å². The Balaban J connectivity index is 2.18. The Morgan fingerprint density at radius 1 is 1.42 bits per heavy atom. The van der Waals surface area contributed by atoms with Crippen molar-refractivity contribution in [2.24, 2.45) is 11.3 Å². The molecule has 3 rings (SSSR count). The van der Waals surface area contributed by atoms with Gasteiger partial charge >= 0.3 is 0 Å². The third kappa shape index (κ3) is 1.56. The topological polar surface area (TPSA) is 70.7 Å². The maximum absolute atomic E-state index is 12.8. The van der Waals surface area contributed by atoms with Crippen molar-refractivity contribution in [3.8, 4) is 0 Å². The summed E-state index contributed by atoms with van der Waals surface area (Å²) in [6.07, 6.45) is 2.48. The quantitative estimate of drug-likeness (QED) is 0.750. The molecule has 0 aromatic carbocycles. The largest absolute Gasteiger partial charge is 0.468 e. The molecule has 19 heavy (non-hydrogen) atoms. The summed E-state index contributed by atoms with van der Waals surface area (Å²) < 4.78 is 5.47. The molecule has 4 nitrogen and oxygen atoms in total. The monoisotopic (exact) mass is 264 g/mol. The van der Waals surface area contributed by atoms with Gasteiger partial charge in [-0.25, -0.2) is 0 Å². The normalized spacial score (nSPS) is 41.8. The zero-order valence-electron chi connectivity index (χ0n) is 11.6. The molecule has 104 valence electrons. The molecule has 1 fully saturated rings. The maximum atomic E-state index is 12.8. The number of carbonyl (C=O) groups excluding carboxylic acids is 1. The highest BCUT2D eigenvalue weighted by Gasteiger charge is 2.59. The van der Waals surface area contributed by atoms with Gasteiger partial charge in [0.15, 0.2) is 5.78 Å². The maximum Gasteiger partial charge on any atom is 0.173 e. The number of aliphatic hydroxyl groups excluding tert-OH is 1. The molecule has 2 N–H and O–H groups in total. The summed E-state index contributed by atoms with van der Waals surface area (Å²) >= 11 is 0. The Kier molecular flexibility index (Phi) is 2.51. The third-order valence-corrected chi connectivity index (χ3v) is 5.07. The lowest BCUT2D eigenvalue weighted by Crippen LogP contribution is -2.60. The Morgan fingerprint density at radius 2 is 2.11 bits per heavy atom. The Hall–Kier alpha value is -1.13. The Bertz CT molecular complexity index is 542. The molecule has 0 unspecified atom stereocenters. The molecule has 0 aliphatic heterocycles. The van der Waals surface area contributed by atoms with E-state index < -0.39 is 23.0 Å². The zero-order chi connectivity index (χ0) is 14.0. The van der Waals surface area contributed by atoms with Crippen molar-refractivity contribution in [3.05, 3.63) is 23.2 Å². The molecule has 2 aliphatic rings. The molecule has 0 bridgehead atoms. The third-order valence-electron chi connectivity index (χ3n) is 5.07. The highest BCUT2D eigenvalue weighted by atomic mass is 16.3. The highest BCUT2D eigenvalue weighted by Crippen LogP contribution is 2.53. The number of hydrogen-bond donors (Lipinski definition) is 2. The fourth-order valence-corrected chi connectivity index (χ4v) is 4.06. The molecule has 0 amide bonds. The Labute approximate surface area is 112 Å². The first kappa shape index (κ1) is 12.9. The van der Waals surface area contributed by atoms with Crippen molar-refractivity contribution < 1.29 is 19.4 Å². The molecule has 1 aromatic rings. The van der Waals surface area contributed by atoms with Crippen molar-refractivity contribution in [3.63, 3.8) is 0 Å². The molecule has 0 spiro atoms. The summed E-state index contributed by atoms with van der Waals surface area (Å²) in [6.45, 7) is 5.44. The molecule has 1 heterocycles. The summed E-state index contributed by atoms with van der Waals surface area (Å²) in [5.74, 6) is 0.00398. The average Bonchev–Trinajstić information content (AvgIpc) is 2.65. The van der Waals surface area contributed by atoms with Gasteiger partial charge in [0, 0.05) is 11.8 Å². The summed E-state index contributed by atoms with van der Waals surface area (Å²) in [5.41, 5.74) is -0.280. The van der Waals surface area contributed by atoms with Crippen LogP contribution < -0.4 is 0 Å². The van der Waals surface area contributed by atoms with E-state index in [2.05, 4.69) is 0 Å². The van der Waals surface area contributed by atoms with E-state index in [1.165, 1.54) is 0 Å². The number of furan rings is 1. The highest BCUT2D eigenvalue weighted by molar-refractivity contribution is 6.02. The number of hydrogen-bond acceptors (Lipinski definition) is 4. The van der Waals surface area contributed by atoms with Gasteiger partial charge in [0.1, 0.15) is 5.76 Å². The van der Waals surface area contributed by atoms with Crippen LogP contribution in [0, 0.1) is 18.3 Å². The van der Waals surface area contributed by atoms with Crippen LogP contribution in [0.15, 0.2) is 10.7 Å². The molecule has 4 atom stereocenters. The second kappa shape index (κ2) is 3.70. The summed E-state index contributed by atoms with van der Waals surface area (Å²) in [6, 6.07) is 0. The van der Waals surface area contributed by atoms with E-state index >= 15 is 0 Å². The second-order valence-electron chi connectivity index (χ2n) is 6.61. The number of fused-ring (bicyclic) bond motifs is 2.